The van der Waals surface area contributed by atoms with Crippen LogP contribution in [0.25, 0.3) is 11.1 Å². The highest BCUT2D eigenvalue weighted by atomic mass is 16.6. The van der Waals surface area contributed by atoms with Crippen molar-refractivity contribution in [1.29, 1.82) is 0 Å². The number of methoxy groups -OCH3 is 2. The predicted octanol–water partition coefficient (Wildman–Crippen LogP) is 5.21. The van der Waals surface area contributed by atoms with Crippen molar-refractivity contribution < 1.29 is 23.8 Å². The van der Waals surface area contributed by atoms with E-state index in [-0.39, 0.29) is 5.91 Å². The minimum absolute atomic E-state index is 0.0430. The Labute approximate surface area is 223 Å². The monoisotopic (exact) mass is 518 g/mol. The Bertz CT molecular complexity index is 1370. The van der Waals surface area contributed by atoms with Crippen molar-refractivity contribution in [2.24, 2.45) is 0 Å². The average Bonchev–Trinajstić information content (AvgIpc) is 2.90. The van der Waals surface area contributed by atoms with Crippen LogP contribution in [0, 0.1) is 0 Å². The third-order valence-electron chi connectivity index (χ3n) is 6.50. The zero-order valence-electron chi connectivity index (χ0n) is 22.8. The van der Waals surface area contributed by atoms with E-state index in [1.807, 2.05) is 56.3 Å². The molecule has 0 saturated heterocycles. The zero-order valence-corrected chi connectivity index (χ0v) is 22.8. The van der Waals surface area contributed by atoms with E-state index in [9.17, 15) is 9.59 Å². The summed E-state index contributed by atoms with van der Waals surface area (Å²) in [6.07, 6.45) is -0.482. The largest absolute Gasteiger partial charge is 0.496 e. The van der Waals surface area contributed by atoms with Crippen LogP contribution in [0.2, 0.25) is 0 Å². The van der Waals surface area contributed by atoms with Crippen LogP contribution in [0.4, 0.5) is 21.9 Å². The Hall–Kier alpha value is -4.40. The predicted molar refractivity (Wildman–Crippen MR) is 150 cm³/mol. The second-order valence-corrected chi connectivity index (χ2v) is 9.78. The van der Waals surface area contributed by atoms with Crippen LogP contribution in [-0.4, -0.2) is 57.8 Å². The second kappa shape index (κ2) is 10.5. The summed E-state index contributed by atoms with van der Waals surface area (Å²) in [5.74, 6) is 1.57. The maximum Gasteiger partial charge on any atom is 0.414 e. The van der Waals surface area contributed by atoms with E-state index < -0.39 is 11.6 Å². The molecule has 0 bridgehead atoms. The van der Waals surface area contributed by atoms with Crippen LogP contribution < -0.4 is 29.7 Å². The molecule has 1 aliphatic heterocycles. The van der Waals surface area contributed by atoms with Crippen LogP contribution in [0.1, 0.15) is 19.4 Å². The molecule has 9 nitrogen and oxygen atoms in total. The van der Waals surface area contributed by atoms with E-state index in [2.05, 4.69) is 10.6 Å². The maximum atomic E-state index is 13.3. The van der Waals surface area contributed by atoms with Gasteiger partial charge in [-0.3, -0.25) is 4.79 Å². The number of para-hydroxylation sites is 2. The Kier molecular flexibility index (Phi) is 7.39. The van der Waals surface area contributed by atoms with Gasteiger partial charge in [0.05, 0.1) is 31.3 Å². The molecule has 0 aromatic heterocycles. The van der Waals surface area contributed by atoms with Gasteiger partial charge < -0.3 is 34.6 Å². The van der Waals surface area contributed by atoms with Crippen molar-refractivity contribution in [2.75, 3.05) is 50.9 Å². The fraction of sp³-hybridized carbons (Fsp3) is 0.310. The van der Waals surface area contributed by atoms with Gasteiger partial charge in [-0.1, -0.05) is 18.2 Å². The van der Waals surface area contributed by atoms with Crippen LogP contribution in [0.5, 0.6) is 17.2 Å². The third kappa shape index (κ3) is 5.04. The van der Waals surface area contributed by atoms with E-state index in [0.29, 0.717) is 23.8 Å². The molecule has 0 spiro atoms. The molecule has 1 heterocycles. The lowest BCUT2D eigenvalue weighted by Crippen LogP contribution is -2.52. The molecular formula is C29H34N4O5. The summed E-state index contributed by atoms with van der Waals surface area (Å²) in [7, 11) is 8.23. The van der Waals surface area contributed by atoms with Crippen molar-refractivity contribution in [1.82, 2.24) is 4.90 Å². The van der Waals surface area contributed by atoms with Gasteiger partial charge in [-0.15, -0.1) is 0 Å². The quantitative estimate of drug-likeness (QED) is 0.444. The first-order valence-corrected chi connectivity index (χ1v) is 12.2. The number of benzene rings is 3. The molecule has 4 rings (SSSR count). The molecule has 2 N–H and O–H groups in total. The van der Waals surface area contributed by atoms with E-state index in [1.165, 1.54) is 4.90 Å². The zero-order chi connectivity index (χ0) is 27.6. The van der Waals surface area contributed by atoms with Crippen LogP contribution >= 0.6 is 0 Å². The van der Waals surface area contributed by atoms with Crippen molar-refractivity contribution in [3.8, 4) is 28.4 Å². The van der Waals surface area contributed by atoms with Gasteiger partial charge in [0.15, 0.2) is 0 Å². The highest BCUT2D eigenvalue weighted by Crippen LogP contribution is 2.45. The Morgan fingerprint density at radius 1 is 1.00 bits per heavy atom. The lowest BCUT2D eigenvalue weighted by molar-refractivity contribution is -0.121. The number of likely N-dealkylation sites (N-methyl/N-ethyl adjacent to an activating group) is 1. The molecule has 200 valence electrons. The van der Waals surface area contributed by atoms with Crippen molar-refractivity contribution in [3.63, 3.8) is 0 Å². The summed E-state index contributed by atoms with van der Waals surface area (Å²) in [4.78, 5) is 28.4. The molecule has 0 unspecified atom stereocenters. The molecule has 9 heteroatoms. The summed E-state index contributed by atoms with van der Waals surface area (Å²) in [6, 6.07) is 16.9. The van der Waals surface area contributed by atoms with Crippen molar-refractivity contribution in [2.45, 2.75) is 25.9 Å². The first kappa shape index (κ1) is 26.7. The number of rotatable bonds is 7. The van der Waals surface area contributed by atoms with E-state index in [0.717, 1.165) is 33.8 Å². The van der Waals surface area contributed by atoms with E-state index >= 15 is 0 Å². The Morgan fingerprint density at radius 3 is 2.37 bits per heavy atom. The summed E-state index contributed by atoms with van der Waals surface area (Å²) in [5.41, 5.74) is 4.27. The molecule has 0 aliphatic carbocycles. The van der Waals surface area contributed by atoms with Gasteiger partial charge >= 0.3 is 6.09 Å². The number of nitrogens with zero attached hydrogens (tertiary/aromatic N) is 2. The molecule has 3 aromatic carbocycles. The van der Waals surface area contributed by atoms with Crippen molar-refractivity contribution >= 4 is 29.1 Å². The summed E-state index contributed by atoms with van der Waals surface area (Å²) >= 11 is 0. The number of anilines is 3. The Balaban J connectivity index is 1.84. The second-order valence-electron chi connectivity index (χ2n) is 9.78. The first-order valence-electron chi connectivity index (χ1n) is 12.2. The number of ether oxygens (including phenoxy) is 3. The van der Waals surface area contributed by atoms with Crippen LogP contribution in [0.3, 0.4) is 0 Å². The molecule has 3 aromatic rings. The van der Waals surface area contributed by atoms with Crippen LogP contribution in [-0.2, 0) is 11.3 Å². The fourth-order valence-corrected chi connectivity index (χ4v) is 4.59. The fourth-order valence-electron chi connectivity index (χ4n) is 4.59. The number of hydrogen-bond acceptors (Lipinski definition) is 7. The Morgan fingerprint density at radius 2 is 1.68 bits per heavy atom. The number of fused-ring (bicyclic) bond motifs is 1. The first-order chi connectivity index (χ1) is 18.1. The molecule has 0 saturated carbocycles. The van der Waals surface area contributed by atoms with Gasteiger partial charge in [0.2, 0.25) is 0 Å². The van der Waals surface area contributed by atoms with Crippen LogP contribution in [0.15, 0.2) is 54.6 Å². The van der Waals surface area contributed by atoms with E-state index in [4.69, 9.17) is 14.2 Å². The van der Waals surface area contributed by atoms with Gasteiger partial charge in [0.1, 0.15) is 22.8 Å². The molecule has 0 fully saturated rings. The molecule has 1 aliphatic rings. The molecule has 38 heavy (non-hydrogen) atoms. The molecule has 2 amide bonds. The number of carbonyl (C=O) groups is 2. The third-order valence-corrected chi connectivity index (χ3v) is 6.50. The minimum Gasteiger partial charge on any atom is -0.496 e. The van der Waals surface area contributed by atoms with Gasteiger partial charge in [-0.2, -0.15) is 0 Å². The molecular weight excluding hydrogens is 484 g/mol. The lowest BCUT2D eigenvalue weighted by Gasteiger charge is -2.40. The number of amides is 2. The van der Waals surface area contributed by atoms with Gasteiger partial charge in [-0.25, -0.2) is 4.79 Å². The summed E-state index contributed by atoms with van der Waals surface area (Å²) < 4.78 is 16.7. The average molecular weight is 519 g/mol. The molecule has 0 radical (unpaired) electrons. The normalized spacial score (nSPS) is 13.8. The summed E-state index contributed by atoms with van der Waals surface area (Å²) in [5, 5.41) is 6.87. The lowest BCUT2D eigenvalue weighted by atomic mass is 9.91. The highest BCUT2D eigenvalue weighted by molar-refractivity contribution is 6.09. The summed E-state index contributed by atoms with van der Waals surface area (Å²) in [6.45, 7) is 4.14. The number of carbonyl (C=O) groups excluding carboxylic acids is 2. The minimum atomic E-state index is -0.744. The maximum absolute atomic E-state index is 13.3. The smallest absolute Gasteiger partial charge is 0.414 e. The standard InChI is InChI=1S/C29H34N4O5/c1-29(2)27(34)33(5)26-21(17-30-22-10-8-9-11-24(22)36-6)19(14-15-23(26)31-29)20-13-12-18(16-25(20)37-7)38-28(35)32(3)4/h8-16,30-31H,17H2,1-7H3. The van der Waals surface area contributed by atoms with Crippen molar-refractivity contribution in [3.05, 3.63) is 60.2 Å². The number of hydrogen-bond donors (Lipinski definition) is 2. The van der Waals surface area contributed by atoms with Gasteiger partial charge in [-0.05, 0) is 49.7 Å². The van der Waals surface area contributed by atoms with Gasteiger partial charge in [0.25, 0.3) is 5.91 Å². The topological polar surface area (TPSA) is 92.4 Å². The van der Waals surface area contributed by atoms with E-state index in [1.54, 1.807) is 52.4 Å². The number of nitrogens with one attached hydrogen (secondary N) is 2. The molecule has 0 atom stereocenters. The SMILES string of the molecule is COc1ccccc1NCc1c(-c2ccc(OC(=O)N(C)C)cc2OC)ccc2c1N(C)C(=O)C(C)(C)N2. The van der Waals surface area contributed by atoms with Gasteiger partial charge in [0, 0.05) is 44.9 Å². The highest BCUT2D eigenvalue weighted by Gasteiger charge is 2.38.